The molecule has 10 heavy (non-hydrogen) atoms. The Morgan fingerprint density at radius 2 is 2.00 bits per heavy atom. The van der Waals surface area contributed by atoms with Gasteiger partial charge in [0.05, 0.1) is 0 Å². The summed E-state index contributed by atoms with van der Waals surface area (Å²) in [5, 5.41) is 0.143. The van der Waals surface area contributed by atoms with Gasteiger partial charge in [-0.25, -0.2) is 9.97 Å². The van der Waals surface area contributed by atoms with Crippen molar-refractivity contribution in [3.63, 3.8) is 0 Å². The van der Waals surface area contributed by atoms with Crippen LogP contribution in [0.4, 0.5) is 0 Å². The Morgan fingerprint density at radius 3 is 2.50 bits per heavy atom. The lowest BCUT2D eigenvalue weighted by molar-refractivity contribution is 1.04. The van der Waals surface area contributed by atoms with Crippen molar-refractivity contribution >= 4 is 25.3 Å². The van der Waals surface area contributed by atoms with E-state index in [9.17, 15) is 0 Å². The summed E-state index contributed by atoms with van der Waals surface area (Å²) >= 11 is 8.36. The van der Waals surface area contributed by atoms with Crippen LogP contribution >= 0.6 is 25.3 Å². The molecule has 0 aromatic carbocycles. The van der Waals surface area contributed by atoms with E-state index in [1.165, 1.54) is 6.33 Å². The Hall–Kier alpha value is -0.220. The Labute approximate surface area is 70.9 Å². The average molecular weight is 172 g/mol. The highest BCUT2D eigenvalue weighted by molar-refractivity contribution is 7.84. The minimum Gasteiger partial charge on any atom is -0.244 e. The molecule has 2 nitrogen and oxygen atoms in total. The SMILES string of the molecule is SCC(S)c1cncnc1. The van der Waals surface area contributed by atoms with Gasteiger partial charge in [-0.1, -0.05) is 0 Å². The normalized spacial score (nSPS) is 13.0. The number of hydrogen-bond donors (Lipinski definition) is 2. The van der Waals surface area contributed by atoms with Crippen molar-refractivity contribution < 1.29 is 0 Å². The van der Waals surface area contributed by atoms with Gasteiger partial charge in [0.15, 0.2) is 0 Å². The maximum absolute atomic E-state index is 4.26. The summed E-state index contributed by atoms with van der Waals surface area (Å²) in [4.78, 5) is 7.72. The third kappa shape index (κ3) is 1.88. The van der Waals surface area contributed by atoms with Gasteiger partial charge in [-0.15, -0.1) is 0 Å². The van der Waals surface area contributed by atoms with Crippen LogP contribution in [0.1, 0.15) is 10.8 Å². The van der Waals surface area contributed by atoms with E-state index in [1.54, 1.807) is 12.4 Å². The molecule has 1 atom stereocenters. The number of rotatable bonds is 2. The van der Waals surface area contributed by atoms with Gasteiger partial charge in [0.2, 0.25) is 0 Å². The second-order valence-electron chi connectivity index (χ2n) is 1.87. The van der Waals surface area contributed by atoms with Gasteiger partial charge < -0.3 is 0 Å². The second kappa shape index (κ2) is 3.83. The first-order valence-corrected chi connectivity index (χ1v) is 4.03. The Balaban J connectivity index is 2.75. The number of hydrogen-bond acceptors (Lipinski definition) is 4. The molecule has 0 saturated heterocycles. The van der Waals surface area contributed by atoms with E-state index in [1.807, 2.05) is 0 Å². The van der Waals surface area contributed by atoms with E-state index < -0.39 is 0 Å². The summed E-state index contributed by atoms with van der Waals surface area (Å²) in [5.41, 5.74) is 1.01. The van der Waals surface area contributed by atoms with Crippen molar-refractivity contribution in [2.75, 3.05) is 5.75 Å². The van der Waals surface area contributed by atoms with Crippen LogP contribution in [0.25, 0.3) is 0 Å². The fourth-order valence-corrected chi connectivity index (χ4v) is 0.932. The van der Waals surface area contributed by atoms with Gasteiger partial charge in [-0.05, 0) is 0 Å². The first-order valence-electron chi connectivity index (χ1n) is 2.88. The molecule has 0 amide bonds. The van der Waals surface area contributed by atoms with E-state index in [4.69, 9.17) is 0 Å². The summed E-state index contributed by atoms with van der Waals surface area (Å²) in [6, 6.07) is 0. The molecule has 0 bridgehead atoms. The van der Waals surface area contributed by atoms with E-state index in [2.05, 4.69) is 35.2 Å². The highest BCUT2D eigenvalue weighted by atomic mass is 32.1. The third-order valence-electron chi connectivity index (χ3n) is 1.14. The van der Waals surface area contributed by atoms with Crippen molar-refractivity contribution in [2.24, 2.45) is 0 Å². The lowest BCUT2D eigenvalue weighted by Gasteiger charge is -2.03. The van der Waals surface area contributed by atoms with Crippen molar-refractivity contribution in [1.82, 2.24) is 9.97 Å². The van der Waals surface area contributed by atoms with Crippen molar-refractivity contribution in [3.05, 3.63) is 24.3 Å². The molecule has 0 N–H and O–H groups in total. The van der Waals surface area contributed by atoms with Gasteiger partial charge in [0.25, 0.3) is 0 Å². The van der Waals surface area contributed by atoms with Crippen LogP contribution in [0.15, 0.2) is 18.7 Å². The highest BCUT2D eigenvalue weighted by Crippen LogP contribution is 2.18. The third-order valence-corrected chi connectivity index (χ3v) is 2.27. The molecule has 0 spiro atoms. The summed E-state index contributed by atoms with van der Waals surface area (Å²) < 4.78 is 0. The Bertz CT molecular complexity index is 190. The van der Waals surface area contributed by atoms with E-state index in [-0.39, 0.29) is 5.25 Å². The number of aromatic nitrogens is 2. The molecule has 1 aromatic heterocycles. The fraction of sp³-hybridized carbons (Fsp3) is 0.333. The van der Waals surface area contributed by atoms with Crippen LogP contribution in [0.2, 0.25) is 0 Å². The Morgan fingerprint density at radius 1 is 1.40 bits per heavy atom. The smallest absolute Gasteiger partial charge is 0.115 e. The molecule has 54 valence electrons. The first-order chi connectivity index (χ1) is 4.84. The standard InChI is InChI=1S/C6H8N2S2/c9-3-6(10)5-1-7-4-8-2-5/h1-2,4,6,9-10H,3H2. The zero-order chi connectivity index (χ0) is 7.40. The summed E-state index contributed by atoms with van der Waals surface area (Å²) in [6.45, 7) is 0. The molecular formula is C6H8N2S2. The zero-order valence-corrected chi connectivity index (χ0v) is 7.09. The zero-order valence-electron chi connectivity index (χ0n) is 5.31. The lowest BCUT2D eigenvalue weighted by Crippen LogP contribution is -1.92. The van der Waals surface area contributed by atoms with Gasteiger partial charge in [-0.2, -0.15) is 25.3 Å². The minimum absolute atomic E-state index is 0.143. The van der Waals surface area contributed by atoms with E-state index >= 15 is 0 Å². The molecule has 1 aromatic rings. The van der Waals surface area contributed by atoms with Crippen LogP contribution in [0.3, 0.4) is 0 Å². The van der Waals surface area contributed by atoms with E-state index in [0.717, 1.165) is 5.56 Å². The molecule has 0 radical (unpaired) electrons. The summed E-state index contributed by atoms with van der Waals surface area (Å²) in [7, 11) is 0. The Kier molecular flexibility index (Phi) is 3.02. The van der Waals surface area contributed by atoms with Gasteiger partial charge in [0.1, 0.15) is 6.33 Å². The number of nitrogens with zero attached hydrogens (tertiary/aromatic N) is 2. The summed E-state index contributed by atoms with van der Waals surface area (Å²) in [6.07, 6.45) is 5.00. The topological polar surface area (TPSA) is 25.8 Å². The van der Waals surface area contributed by atoms with Crippen molar-refractivity contribution in [3.8, 4) is 0 Å². The molecule has 0 aliphatic carbocycles. The van der Waals surface area contributed by atoms with Crippen LogP contribution in [-0.2, 0) is 0 Å². The molecule has 0 aliphatic rings. The maximum Gasteiger partial charge on any atom is 0.115 e. The van der Waals surface area contributed by atoms with Gasteiger partial charge >= 0.3 is 0 Å². The average Bonchev–Trinajstić information content (AvgIpc) is 2.05. The molecule has 4 heteroatoms. The molecule has 0 saturated carbocycles. The first kappa shape index (κ1) is 7.88. The number of thiol groups is 2. The minimum atomic E-state index is 0.143. The van der Waals surface area contributed by atoms with Gasteiger partial charge in [0, 0.05) is 29.0 Å². The highest BCUT2D eigenvalue weighted by Gasteiger charge is 2.02. The molecule has 1 unspecified atom stereocenters. The summed E-state index contributed by atoms with van der Waals surface area (Å²) in [5.74, 6) is 0.705. The molecule has 0 aliphatic heterocycles. The lowest BCUT2D eigenvalue weighted by atomic mass is 10.3. The predicted octanol–water partition coefficient (Wildman–Crippen LogP) is 1.38. The quantitative estimate of drug-likeness (QED) is 0.659. The van der Waals surface area contributed by atoms with E-state index in [0.29, 0.717) is 5.75 Å². The second-order valence-corrected chi connectivity index (χ2v) is 2.86. The monoisotopic (exact) mass is 172 g/mol. The van der Waals surface area contributed by atoms with Crippen LogP contribution < -0.4 is 0 Å². The van der Waals surface area contributed by atoms with Crippen molar-refractivity contribution in [1.29, 1.82) is 0 Å². The maximum atomic E-state index is 4.26. The van der Waals surface area contributed by atoms with Crippen LogP contribution in [0, 0.1) is 0 Å². The predicted molar refractivity (Wildman–Crippen MR) is 47.6 cm³/mol. The largest absolute Gasteiger partial charge is 0.244 e. The molecule has 1 heterocycles. The van der Waals surface area contributed by atoms with Crippen molar-refractivity contribution in [2.45, 2.75) is 5.25 Å². The molecular weight excluding hydrogens is 164 g/mol. The van der Waals surface area contributed by atoms with Gasteiger partial charge in [-0.3, -0.25) is 0 Å². The molecule has 1 rings (SSSR count). The molecule has 0 fully saturated rings. The van der Waals surface area contributed by atoms with Crippen LogP contribution in [0.5, 0.6) is 0 Å². The fourth-order valence-electron chi connectivity index (χ4n) is 0.588. The van der Waals surface area contributed by atoms with Crippen LogP contribution in [-0.4, -0.2) is 15.7 Å².